The van der Waals surface area contributed by atoms with E-state index in [-0.39, 0.29) is 0 Å². The number of halogens is 1. The van der Waals surface area contributed by atoms with E-state index in [0.29, 0.717) is 10.9 Å². The molecule has 1 heterocycles. The summed E-state index contributed by atoms with van der Waals surface area (Å²) in [5.41, 5.74) is 1.90. The molecule has 4 heteroatoms. The van der Waals surface area contributed by atoms with Gasteiger partial charge in [0.25, 0.3) is 0 Å². The molecule has 90 valence electrons. The summed E-state index contributed by atoms with van der Waals surface area (Å²) in [6, 6.07) is 7.52. The molecular formula is C13H15ClN2O. The van der Waals surface area contributed by atoms with Gasteiger partial charge < -0.3 is 9.73 Å². The van der Waals surface area contributed by atoms with Gasteiger partial charge in [0.2, 0.25) is 5.89 Å². The number of oxazole rings is 1. The van der Waals surface area contributed by atoms with E-state index < -0.39 is 0 Å². The van der Waals surface area contributed by atoms with Gasteiger partial charge in [-0.1, -0.05) is 17.7 Å². The lowest BCUT2D eigenvalue weighted by Crippen LogP contribution is -2.08. The summed E-state index contributed by atoms with van der Waals surface area (Å²) in [6.07, 6.45) is 3.69. The third-order valence-corrected chi connectivity index (χ3v) is 2.72. The molecule has 0 unspecified atom stereocenters. The quantitative estimate of drug-likeness (QED) is 0.829. The Morgan fingerprint density at radius 3 is 3.06 bits per heavy atom. The minimum Gasteiger partial charge on any atom is -0.444 e. The largest absolute Gasteiger partial charge is 0.444 e. The van der Waals surface area contributed by atoms with Gasteiger partial charge in [0.05, 0.1) is 5.69 Å². The van der Waals surface area contributed by atoms with Crippen molar-refractivity contribution in [3.63, 3.8) is 0 Å². The maximum Gasteiger partial charge on any atom is 0.226 e. The van der Waals surface area contributed by atoms with E-state index in [4.69, 9.17) is 16.0 Å². The zero-order valence-electron chi connectivity index (χ0n) is 9.74. The summed E-state index contributed by atoms with van der Waals surface area (Å²) in [5.74, 6) is 0.631. The normalized spacial score (nSPS) is 10.7. The van der Waals surface area contributed by atoms with Gasteiger partial charge in [-0.2, -0.15) is 0 Å². The number of nitrogens with one attached hydrogen (secondary N) is 1. The van der Waals surface area contributed by atoms with Crippen LogP contribution in [-0.2, 0) is 6.42 Å². The van der Waals surface area contributed by atoms with Gasteiger partial charge in [0, 0.05) is 10.6 Å². The second-order valence-corrected chi connectivity index (χ2v) is 4.30. The minimum absolute atomic E-state index is 0.631. The first-order chi connectivity index (χ1) is 8.29. The summed E-state index contributed by atoms with van der Waals surface area (Å²) in [4.78, 5) is 4.44. The Bertz CT molecular complexity index is 482. The molecule has 17 heavy (non-hydrogen) atoms. The number of hydrogen-bond acceptors (Lipinski definition) is 3. The Hall–Kier alpha value is -1.32. The van der Waals surface area contributed by atoms with Crippen LogP contribution in [-0.4, -0.2) is 18.6 Å². The van der Waals surface area contributed by atoms with E-state index in [1.165, 1.54) is 0 Å². The zero-order chi connectivity index (χ0) is 12.1. The van der Waals surface area contributed by atoms with Crippen LogP contribution in [0.25, 0.3) is 11.5 Å². The van der Waals surface area contributed by atoms with E-state index in [2.05, 4.69) is 10.3 Å². The first-order valence-electron chi connectivity index (χ1n) is 5.64. The molecule has 0 aliphatic heterocycles. The molecule has 0 saturated heterocycles. The van der Waals surface area contributed by atoms with Gasteiger partial charge in [-0.05, 0) is 44.6 Å². The predicted molar refractivity (Wildman–Crippen MR) is 69.2 cm³/mol. The fourth-order valence-electron chi connectivity index (χ4n) is 1.62. The smallest absolute Gasteiger partial charge is 0.226 e. The van der Waals surface area contributed by atoms with E-state index in [0.717, 1.165) is 30.6 Å². The highest BCUT2D eigenvalue weighted by Gasteiger charge is 2.06. The molecule has 1 N–H and O–H groups in total. The minimum atomic E-state index is 0.631. The first kappa shape index (κ1) is 12.1. The summed E-state index contributed by atoms with van der Waals surface area (Å²) in [5, 5.41) is 3.80. The van der Waals surface area contributed by atoms with Crippen molar-refractivity contribution >= 4 is 11.6 Å². The fourth-order valence-corrected chi connectivity index (χ4v) is 1.81. The van der Waals surface area contributed by atoms with Crippen LogP contribution in [0.3, 0.4) is 0 Å². The second-order valence-electron chi connectivity index (χ2n) is 3.86. The first-order valence-corrected chi connectivity index (χ1v) is 6.02. The molecule has 0 radical (unpaired) electrons. The summed E-state index contributed by atoms with van der Waals surface area (Å²) < 4.78 is 5.45. The number of hydrogen-bond donors (Lipinski definition) is 1. The molecule has 2 aromatic rings. The second kappa shape index (κ2) is 5.84. The van der Waals surface area contributed by atoms with E-state index in [1.54, 1.807) is 6.26 Å². The highest BCUT2D eigenvalue weighted by molar-refractivity contribution is 6.30. The Morgan fingerprint density at radius 2 is 2.29 bits per heavy atom. The Kier molecular flexibility index (Phi) is 4.18. The summed E-state index contributed by atoms with van der Waals surface area (Å²) in [6.45, 7) is 0.985. The van der Waals surface area contributed by atoms with Gasteiger partial charge >= 0.3 is 0 Å². The van der Waals surface area contributed by atoms with E-state index in [9.17, 15) is 0 Å². The highest BCUT2D eigenvalue weighted by atomic mass is 35.5. The molecule has 0 spiro atoms. The summed E-state index contributed by atoms with van der Waals surface area (Å²) >= 11 is 5.93. The molecule has 0 atom stereocenters. The van der Waals surface area contributed by atoms with Crippen molar-refractivity contribution in [2.75, 3.05) is 13.6 Å². The number of rotatable bonds is 5. The lowest BCUT2D eigenvalue weighted by atomic mass is 10.2. The van der Waals surface area contributed by atoms with Crippen LogP contribution in [0.5, 0.6) is 0 Å². The van der Waals surface area contributed by atoms with Crippen LogP contribution in [0.15, 0.2) is 34.9 Å². The van der Waals surface area contributed by atoms with Gasteiger partial charge in [-0.25, -0.2) is 4.98 Å². The van der Waals surface area contributed by atoms with E-state index in [1.807, 2.05) is 31.3 Å². The van der Waals surface area contributed by atoms with Crippen LogP contribution in [0.4, 0.5) is 0 Å². The molecule has 0 fully saturated rings. The van der Waals surface area contributed by atoms with Crippen molar-refractivity contribution in [3.8, 4) is 11.5 Å². The van der Waals surface area contributed by atoms with Crippen LogP contribution in [0.2, 0.25) is 5.02 Å². The third-order valence-electron chi connectivity index (χ3n) is 2.48. The van der Waals surface area contributed by atoms with Gasteiger partial charge in [0.1, 0.15) is 6.26 Å². The number of aromatic nitrogens is 1. The average molecular weight is 251 g/mol. The molecular weight excluding hydrogens is 236 g/mol. The van der Waals surface area contributed by atoms with Crippen molar-refractivity contribution in [1.82, 2.24) is 10.3 Å². The number of nitrogens with zero attached hydrogens (tertiary/aromatic N) is 1. The highest BCUT2D eigenvalue weighted by Crippen LogP contribution is 2.22. The van der Waals surface area contributed by atoms with Crippen molar-refractivity contribution in [2.45, 2.75) is 12.8 Å². The lowest BCUT2D eigenvalue weighted by molar-refractivity contribution is 0.571. The number of benzene rings is 1. The average Bonchev–Trinajstić information content (AvgIpc) is 2.78. The molecule has 1 aromatic heterocycles. The topological polar surface area (TPSA) is 38.1 Å². The Balaban J connectivity index is 2.07. The molecule has 3 nitrogen and oxygen atoms in total. The zero-order valence-corrected chi connectivity index (χ0v) is 10.5. The molecule has 0 aliphatic carbocycles. The molecule has 0 amide bonds. The van der Waals surface area contributed by atoms with E-state index >= 15 is 0 Å². The molecule has 0 aliphatic rings. The third kappa shape index (κ3) is 3.32. The van der Waals surface area contributed by atoms with Gasteiger partial charge in [-0.3, -0.25) is 0 Å². The molecule has 2 rings (SSSR count). The molecule has 0 bridgehead atoms. The number of aryl methyl sites for hydroxylation is 1. The van der Waals surface area contributed by atoms with Crippen LogP contribution in [0, 0.1) is 0 Å². The SMILES string of the molecule is CNCCCc1coc(-c2cccc(Cl)c2)n1. The van der Waals surface area contributed by atoms with Crippen molar-refractivity contribution in [2.24, 2.45) is 0 Å². The predicted octanol–water partition coefficient (Wildman–Crippen LogP) is 3.15. The Morgan fingerprint density at radius 1 is 1.41 bits per heavy atom. The van der Waals surface area contributed by atoms with Gasteiger partial charge in [0.15, 0.2) is 0 Å². The monoisotopic (exact) mass is 250 g/mol. The standard InChI is InChI=1S/C13H15ClN2O/c1-15-7-3-6-12-9-17-13(16-12)10-4-2-5-11(14)8-10/h2,4-5,8-9,15H,3,6-7H2,1H3. The van der Waals surface area contributed by atoms with Crippen molar-refractivity contribution in [3.05, 3.63) is 41.2 Å². The van der Waals surface area contributed by atoms with Crippen LogP contribution >= 0.6 is 11.6 Å². The van der Waals surface area contributed by atoms with Crippen molar-refractivity contribution < 1.29 is 4.42 Å². The van der Waals surface area contributed by atoms with Gasteiger partial charge in [-0.15, -0.1) is 0 Å². The summed E-state index contributed by atoms with van der Waals surface area (Å²) in [7, 11) is 1.94. The van der Waals surface area contributed by atoms with Crippen molar-refractivity contribution in [1.29, 1.82) is 0 Å². The maximum absolute atomic E-state index is 5.93. The fraction of sp³-hybridized carbons (Fsp3) is 0.308. The molecule has 1 aromatic carbocycles. The maximum atomic E-state index is 5.93. The lowest BCUT2D eigenvalue weighted by Gasteiger charge is -1.96. The molecule has 0 saturated carbocycles. The van der Waals surface area contributed by atoms with Crippen LogP contribution in [0.1, 0.15) is 12.1 Å². The van der Waals surface area contributed by atoms with Crippen LogP contribution < -0.4 is 5.32 Å². The Labute approximate surface area is 106 Å².